The van der Waals surface area contributed by atoms with Crippen LogP contribution in [-0.4, -0.2) is 31.5 Å². The van der Waals surface area contributed by atoms with E-state index in [-0.39, 0.29) is 13.2 Å². The molecule has 0 aliphatic carbocycles. The Hall–Kier alpha value is -1.29. The molecule has 1 amide bonds. The van der Waals surface area contributed by atoms with Crippen LogP contribution in [-0.2, 0) is 4.74 Å². The third-order valence-corrected chi connectivity index (χ3v) is 1.07. The van der Waals surface area contributed by atoms with E-state index < -0.39 is 6.09 Å². The van der Waals surface area contributed by atoms with Gasteiger partial charge in [-0.3, -0.25) is 0 Å². The highest BCUT2D eigenvalue weighted by Gasteiger charge is 1.92. The van der Waals surface area contributed by atoms with Gasteiger partial charge in [0, 0.05) is 7.05 Å². The number of aliphatic hydroxyl groups is 1. The van der Waals surface area contributed by atoms with Crippen molar-refractivity contribution in [3.8, 4) is 0 Å². The Morgan fingerprint density at radius 1 is 1.75 bits per heavy atom. The van der Waals surface area contributed by atoms with Crippen molar-refractivity contribution in [1.82, 2.24) is 5.32 Å². The third-order valence-electron chi connectivity index (χ3n) is 1.07. The SMILES string of the molecule is C=C(C=CCOC(=O)NC)CO. The summed E-state index contributed by atoms with van der Waals surface area (Å²) >= 11 is 0. The molecular formula is C8H13NO3. The first kappa shape index (κ1) is 10.7. The molecule has 0 atom stereocenters. The summed E-state index contributed by atoms with van der Waals surface area (Å²) in [5.74, 6) is 0. The summed E-state index contributed by atoms with van der Waals surface area (Å²) in [4.78, 5) is 10.5. The van der Waals surface area contributed by atoms with E-state index in [2.05, 4.69) is 16.6 Å². The molecule has 4 nitrogen and oxygen atoms in total. The highest BCUT2D eigenvalue weighted by atomic mass is 16.5. The first-order valence-corrected chi connectivity index (χ1v) is 3.50. The molecule has 12 heavy (non-hydrogen) atoms. The summed E-state index contributed by atoms with van der Waals surface area (Å²) in [7, 11) is 1.48. The zero-order chi connectivity index (χ0) is 9.40. The van der Waals surface area contributed by atoms with Crippen LogP contribution in [0.2, 0.25) is 0 Å². The van der Waals surface area contributed by atoms with Crippen molar-refractivity contribution < 1.29 is 14.6 Å². The van der Waals surface area contributed by atoms with Gasteiger partial charge >= 0.3 is 6.09 Å². The monoisotopic (exact) mass is 171 g/mol. The molecule has 0 aromatic heterocycles. The minimum Gasteiger partial charge on any atom is -0.445 e. The minimum atomic E-state index is -0.478. The van der Waals surface area contributed by atoms with Gasteiger partial charge in [0.05, 0.1) is 6.61 Å². The molecule has 0 radical (unpaired) electrons. The summed E-state index contributed by atoms with van der Waals surface area (Å²) in [6.07, 6.45) is 2.73. The van der Waals surface area contributed by atoms with Gasteiger partial charge in [0.15, 0.2) is 0 Å². The summed E-state index contributed by atoms with van der Waals surface area (Å²) < 4.78 is 4.63. The molecule has 0 heterocycles. The average molecular weight is 171 g/mol. The van der Waals surface area contributed by atoms with Crippen molar-refractivity contribution >= 4 is 6.09 Å². The normalized spacial score (nSPS) is 9.83. The molecule has 0 aromatic carbocycles. The van der Waals surface area contributed by atoms with Gasteiger partial charge in [-0.05, 0) is 11.6 Å². The largest absolute Gasteiger partial charge is 0.445 e. The number of hydrogen-bond donors (Lipinski definition) is 2. The number of aliphatic hydroxyl groups excluding tert-OH is 1. The van der Waals surface area contributed by atoms with E-state index in [1.807, 2.05) is 0 Å². The molecular weight excluding hydrogens is 158 g/mol. The summed E-state index contributed by atoms with van der Waals surface area (Å²) in [6, 6.07) is 0. The van der Waals surface area contributed by atoms with Crippen molar-refractivity contribution in [1.29, 1.82) is 0 Å². The predicted octanol–water partition coefficient (Wildman–Crippen LogP) is 0.447. The molecule has 0 aliphatic rings. The number of ether oxygens (including phenoxy) is 1. The van der Waals surface area contributed by atoms with Gasteiger partial charge in [0.25, 0.3) is 0 Å². The Bertz CT molecular complexity index is 187. The molecule has 4 heteroatoms. The highest BCUT2D eigenvalue weighted by molar-refractivity contribution is 5.66. The Kier molecular flexibility index (Phi) is 5.73. The second-order valence-electron chi connectivity index (χ2n) is 2.07. The Labute approximate surface area is 71.5 Å². The van der Waals surface area contributed by atoms with Crippen LogP contribution in [0.1, 0.15) is 0 Å². The first-order valence-electron chi connectivity index (χ1n) is 3.50. The van der Waals surface area contributed by atoms with E-state index in [1.54, 1.807) is 12.2 Å². The fraction of sp³-hybridized carbons (Fsp3) is 0.375. The lowest BCUT2D eigenvalue weighted by Gasteiger charge is -1.98. The smallest absolute Gasteiger partial charge is 0.407 e. The Balaban J connectivity index is 3.48. The van der Waals surface area contributed by atoms with Crippen LogP contribution in [0.3, 0.4) is 0 Å². The maximum Gasteiger partial charge on any atom is 0.407 e. The first-order chi connectivity index (χ1) is 5.70. The average Bonchev–Trinajstić information content (AvgIpc) is 2.11. The quantitative estimate of drug-likeness (QED) is 0.604. The van der Waals surface area contributed by atoms with Crippen LogP contribution in [0.5, 0.6) is 0 Å². The maximum atomic E-state index is 10.5. The van der Waals surface area contributed by atoms with Gasteiger partial charge in [-0.2, -0.15) is 0 Å². The molecule has 68 valence electrons. The fourth-order valence-electron chi connectivity index (χ4n) is 0.463. The van der Waals surface area contributed by atoms with Crippen molar-refractivity contribution in [2.24, 2.45) is 0 Å². The van der Waals surface area contributed by atoms with E-state index in [4.69, 9.17) is 5.11 Å². The molecule has 0 rings (SSSR count). The molecule has 0 unspecified atom stereocenters. The van der Waals surface area contributed by atoms with Crippen LogP contribution in [0.25, 0.3) is 0 Å². The second kappa shape index (κ2) is 6.42. The lowest BCUT2D eigenvalue weighted by atomic mass is 10.3. The van der Waals surface area contributed by atoms with E-state index in [9.17, 15) is 4.79 Å². The molecule has 0 bridgehead atoms. The van der Waals surface area contributed by atoms with Crippen molar-refractivity contribution in [2.75, 3.05) is 20.3 Å². The standard InChI is InChI=1S/C8H13NO3/c1-7(6-10)4-3-5-12-8(11)9-2/h3-4,10H,1,5-6H2,2H3,(H,9,11). The number of hydrogen-bond acceptors (Lipinski definition) is 3. The second-order valence-corrected chi connectivity index (χ2v) is 2.07. The number of alkyl carbamates (subject to hydrolysis) is 1. The van der Waals surface area contributed by atoms with Crippen LogP contribution >= 0.6 is 0 Å². The molecule has 0 aliphatic heterocycles. The van der Waals surface area contributed by atoms with Crippen LogP contribution in [0.15, 0.2) is 24.3 Å². The zero-order valence-corrected chi connectivity index (χ0v) is 7.04. The lowest BCUT2D eigenvalue weighted by molar-refractivity contribution is 0.160. The zero-order valence-electron chi connectivity index (χ0n) is 7.04. The third kappa shape index (κ3) is 5.49. The number of amides is 1. The van der Waals surface area contributed by atoms with Gasteiger partial charge < -0.3 is 15.2 Å². The van der Waals surface area contributed by atoms with Gasteiger partial charge in [-0.25, -0.2) is 4.79 Å². The number of rotatable bonds is 4. The number of nitrogens with one attached hydrogen (secondary N) is 1. The van der Waals surface area contributed by atoms with Gasteiger partial charge in [-0.15, -0.1) is 0 Å². The van der Waals surface area contributed by atoms with Gasteiger partial charge in [0.1, 0.15) is 6.61 Å². The molecule has 0 aromatic rings. The maximum absolute atomic E-state index is 10.5. The summed E-state index contributed by atoms with van der Waals surface area (Å²) in [6.45, 7) is 3.61. The van der Waals surface area contributed by atoms with E-state index in [0.29, 0.717) is 5.57 Å². The fourth-order valence-corrected chi connectivity index (χ4v) is 0.463. The summed E-state index contributed by atoms with van der Waals surface area (Å²) in [5.41, 5.74) is 0.579. The molecule has 0 saturated carbocycles. The number of carbonyl (C=O) groups excluding carboxylic acids is 1. The lowest BCUT2D eigenvalue weighted by Crippen LogP contribution is -2.18. The van der Waals surface area contributed by atoms with Crippen LogP contribution in [0.4, 0.5) is 4.79 Å². The summed E-state index contributed by atoms with van der Waals surface area (Å²) in [5, 5.41) is 10.8. The molecule has 0 saturated heterocycles. The van der Waals surface area contributed by atoms with E-state index in [0.717, 1.165) is 0 Å². The highest BCUT2D eigenvalue weighted by Crippen LogP contribution is 1.89. The Morgan fingerprint density at radius 3 is 2.92 bits per heavy atom. The van der Waals surface area contributed by atoms with Crippen molar-refractivity contribution in [3.05, 3.63) is 24.3 Å². The van der Waals surface area contributed by atoms with E-state index in [1.165, 1.54) is 7.05 Å². The minimum absolute atomic E-state index is 0.0868. The van der Waals surface area contributed by atoms with Crippen molar-refractivity contribution in [2.45, 2.75) is 0 Å². The molecule has 0 spiro atoms. The van der Waals surface area contributed by atoms with Gasteiger partial charge in [-0.1, -0.05) is 12.7 Å². The van der Waals surface area contributed by atoms with Crippen molar-refractivity contribution in [3.63, 3.8) is 0 Å². The van der Waals surface area contributed by atoms with Crippen LogP contribution < -0.4 is 5.32 Å². The number of carbonyl (C=O) groups is 1. The predicted molar refractivity (Wildman–Crippen MR) is 45.8 cm³/mol. The van der Waals surface area contributed by atoms with E-state index >= 15 is 0 Å². The Morgan fingerprint density at radius 2 is 2.42 bits per heavy atom. The molecule has 2 N–H and O–H groups in total. The molecule has 0 fully saturated rings. The van der Waals surface area contributed by atoms with Crippen LogP contribution in [0, 0.1) is 0 Å². The topological polar surface area (TPSA) is 58.6 Å². The van der Waals surface area contributed by atoms with Gasteiger partial charge in [0.2, 0.25) is 0 Å².